The third-order valence-corrected chi connectivity index (χ3v) is 5.22. The number of unbranched alkanes of at least 4 members (excludes halogenated alkanes) is 1. The number of benzene rings is 1. The minimum absolute atomic E-state index is 0.0184. The molecule has 2 heterocycles. The first-order valence-corrected chi connectivity index (χ1v) is 9.94. The second-order valence-corrected chi connectivity index (χ2v) is 7.30. The van der Waals surface area contributed by atoms with Gasteiger partial charge in [0.05, 0.1) is 11.7 Å². The Morgan fingerprint density at radius 2 is 2.11 bits per heavy atom. The van der Waals surface area contributed by atoms with E-state index < -0.39 is 0 Å². The van der Waals surface area contributed by atoms with Gasteiger partial charge in [0.2, 0.25) is 5.95 Å². The predicted molar refractivity (Wildman–Crippen MR) is 111 cm³/mol. The van der Waals surface area contributed by atoms with Crippen LogP contribution < -0.4 is 5.32 Å². The van der Waals surface area contributed by atoms with Crippen molar-refractivity contribution >= 4 is 22.6 Å². The van der Waals surface area contributed by atoms with Crippen molar-refractivity contribution in [2.45, 2.75) is 45.1 Å². The Kier molecular flexibility index (Phi) is 5.39. The number of rotatable bonds is 6. The molecule has 0 amide bonds. The van der Waals surface area contributed by atoms with E-state index in [4.69, 9.17) is 10.1 Å². The zero-order valence-electron chi connectivity index (χ0n) is 16.1. The first kappa shape index (κ1) is 18.6. The Bertz CT molecular complexity index is 994. The number of allylic oxidation sites excluding steroid dienone is 1. The van der Waals surface area contributed by atoms with E-state index in [-0.39, 0.29) is 11.9 Å². The van der Waals surface area contributed by atoms with Crippen molar-refractivity contribution in [3.8, 4) is 5.69 Å². The summed E-state index contributed by atoms with van der Waals surface area (Å²) in [6.45, 7) is 3.00. The quantitative estimate of drug-likeness (QED) is 0.507. The first-order valence-electron chi connectivity index (χ1n) is 9.94. The molecule has 4 rings (SSSR count). The van der Waals surface area contributed by atoms with Crippen molar-refractivity contribution in [1.82, 2.24) is 14.5 Å². The monoisotopic (exact) mass is 381 g/mol. The molecular weight excluding hydrogens is 355 g/mol. The molecule has 28 heavy (non-hydrogen) atoms. The van der Waals surface area contributed by atoms with Crippen LogP contribution in [0.25, 0.3) is 22.3 Å². The van der Waals surface area contributed by atoms with Crippen LogP contribution in [-0.4, -0.2) is 32.3 Å². The van der Waals surface area contributed by atoms with Gasteiger partial charge in [0.1, 0.15) is 11.3 Å². The summed E-state index contributed by atoms with van der Waals surface area (Å²) in [6.07, 6.45) is 10.7. The van der Waals surface area contributed by atoms with Crippen molar-refractivity contribution in [1.29, 1.82) is 0 Å². The molecule has 2 aromatic heterocycles. The summed E-state index contributed by atoms with van der Waals surface area (Å²) in [5.74, 6) is 0.379. The van der Waals surface area contributed by atoms with Crippen molar-refractivity contribution in [2.24, 2.45) is 0 Å². The Balaban J connectivity index is 1.80. The van der Waals surface area contributed by atoms with Gasteiger partial charge in [0.25, 0.3) is 0 Å². The fraction of sp³-hybridized carbons (Fsp3) is 0.364. The van der Waals surface area contributed by atoms with Crippen LogP contribution in [0.3, 0.4) is 0 Å². The molecular formula is C22H26FN4O+. The summed E-state index contributed by atoms with van der Waals surface area (Å²) < 4.78 is 15.4. The molecule has 3 N–H and O–H groups in total. The van der Waals surface area contributed by atoms with Crippen LogP contribution in [0.5, 0.6) is 0 Å². The Morgan fingerprint density at radius 1 is 1.29 bits per heavy atom. The maximum absolute atomic E-state index is 13.4. The lowest BCUT2D eigenvalue weighted by Crippen LogP contribution is -2.09. The van der Waals surface area contributed by atoms with E-state index in [0.717, 1.165) is 60.9 Å². The van der Waals surface area contributed by atoms with Gasteiger partial charge >= 0.3 is 0 Å². The summed E-state index contributed by atoms with van der Waals surface area (Å²) >= 11 is 0. The largest absolute Gasteiger partial charge is 0.443 e. The van der Waals surface area contributed by atoms with Crippen LogP contribution in [0.4, 0.5) is 10.3 Å². The second kappa shape index (κ2) is 8.10. The van der Waals surface area contributed by atoms with Crippen molar-refractivity contribution in [2.75, 3.05) is 11.9 Å². The van der Waals surface area contributed by atoms with Crippen LogP contribution in [0.2, 0.25) is 0 Å². The van der Waals surface area contributed by atoms with E-state index in [1.807, 2.05) is 10.8 Å². The molecule has 0 saturated heterocycles. The van der Waals surface area contributed by atoms with E-state index in [1.165, 1.54) is 17.7 Å². The van der Waals surface area contributed by atoms with Gasteiger partial charge in [-0.15, -0.1) is 0 Å². The van der Waals surface area contributed by atoms with Crippen LogP contribution >= 0.6 is 0 Å². The van der Waals surface area contributed by atoms with Crippen LogP contribution in [-0.2, 0) is 0 Å². The topological polar surface area (TPSA) is 65.6 Å². The van der Waals surface area contributed by atoms with E-state index >= 15 is 0 Å². The molecule has 1 unspecified atom stereocenters. The van der Waals surface area contributed by atoms with E-state index in [9.17, 15) is 4.39 Å². The van der Waals surface area contributed by atoms with Gasteiger partial charge in [0, 0.05) is 36.8 Å². The maximum Gasteiger partial charge on any atom is 0.223 e. The average molecular weight is 381 g/mol. The molecule has 0 spiro atoms. The molecule has 0 radical (unpaired) electrons. The van der Waals surface area contributed by atoms with Crippen molar-refractivity contribution < 1.29 is 9.50 Å². The molecule has 1 aliphatic carbocycles. The van der Waals surface area contributed by atoms with Gasteiger partial charge in [-0.2, -0.15) is 0 Å². The molecule has 0 fully saturated rings. The van der Waals surface area contributed by atoms with Crippen molar-refractivity contribution in [3.63, 3.8) is 0 Å². The van der Waals surface area contributed by atoms with E-state index in [0.29, 0.717) is 5.95 Å². The van der Waals surface area contributed by atoms with Gasteiger partial charge in [-0.25, -0.2) is 14.4 Å². The van der Waals surface area contributed by atoms with Gasteiger partial charge in [-0.1, -0.05) is 19.4 Å². The van der Waals surface area contributed by atoms with E-state index in [2.05, 4.69) is 29.5 Å². The molecule has 0 bridgehead atoms. The highest BCUT2D eigenvalue weighted by Crippen LogP contribution is 2.34. The number of hydrogen-bond acceptors (Lipinski definition) is 3. The maximum atomic E-state index is 13.4. The summed E-state index contributed by atoms with van der Waals surface area (Å²) in [7, 11) is 0. The first-order chi connectivity index (χ1) is 13.7. The number of aromatic nitrogens is 3. The number of fused-ring (bicyclic) bond motifs is 1. The molecule has 5 nitrogen and oxygen atoms in total. The Hall–Kier alpha value is -2.73. The number of nitrogens with one attached hydrogen (secondary N) is 1. The third-order valence-electron chi connectivity index (χ3n) is 5.22. The van der Waals surface area contributed by atoms with Crippen LogP contribution in [0.1, 0.15) is 44.6 Å². The molecule has 1 aliphatic rings. The minimum Gasteiger partial charge on any atom is -0.443 e. The zero-order valence-corrected chi connectivity index (χ0v) is 16.1. The van der Waals surface area contributed by atoms with E-state index in [1.54, 1.807) is 12.1 Å². The number of anilines is 1. The van der Waals surface area contributed by atoms with Gasteiger partial charge in [-0.05, 0) is 42.7 Å². The molecule has 0 aliphatic heterocycles. The summed E-state index contributed by atoms with van der Waals surface area (Å²) in [5.41, 5.74) is 4.98. The highest BCUT2D eigenvalue weighted by Gasteiger charge is 2.21. The summed E-state index contributed by atoms with van der Waals surface area (Å²) in [5, 5.41) is 11.3. The number of hydrogen-bond donors (Lipinski definition) is 1. The molecule has 0 saturated carbocycles. The SMILES string of the molecule is CCCCNc1ncc2c(n1)c(C1=CCC([OH2+])CC1)cn2-c1ccc(F)cc1. The van der Waals surface area contributed by atoms with Gasteiger partial charge in [0.15, 0.2) is 6.10 Å². The van der Waals surface area contributed by atoms with Gasteiger partial charge in [-0.3, -0.25) is 0 Å². The van der Waals surface area contributed by atoms with Gasteiger partial charge < -0.3 is 15.0 Å². The normalized spacial score (nSPS) is 17.0. The smallest absolute Gasteiger partial charge is 0.223 e. The fourth-order valence-corrected chi connectivity index (χ4v) is 3.60. The highest BCUT2D eigenvalue weighted by atomic mass is 19.1. The molecule has 1 atom stereocenters. The lowest BCUT2D eigenvalue weighted by molar-refractivity contribution is 0.166. The summed E-state index contributed by atoms with van der Waals surface area (Å²) in [6, 6.07) is 6.46. The molecule has 6 heteroatoms. The molecule has 3 aromatic rings. The third kappa shape index (κ3) is 3.78. The van der Waals surface area contributed by atoms with Crippen molar-refractivity contribution in [3.05, 3.63) is 54.1 Å². The van der Waals surface area contributed by atoms with Crippen LogP contribution in [0, 0.1) is 5.82 Å². The lowest BCUT2D eigenvalue weighted by atomic mass is 9.93. The predicted octanol–water partition coefficient (Wildman–Crippen LogP) is 4.43. The molecule has 146 valence electrons. The summed E-state index contributed by atoms with van der Waals surface area (Å²) in [4.78, 5) is 9.29. The molecule has 1 aromatic carbocycles. The highest BCUT2D eigenvalue weighted by molar-refractivity contribution is 5.91. The Morgan fingerprint density at radius 3 is 2.82 bits per heavy atom. The average Bonchev–Trinajstić information content (AvgIpc) is 3.08. The number of halogens is 1. The zero-order chi connectivity index (χ0) is 19.5. The standard InChI is InChI=1S/C22H25FN4O/c1-2-3-12-24-22-25-13-20-21(26-22)19(15-4-10-18(28)11-5-15)14-27(20)17-8-6-16(23)7-9-17/h4,6-9,13-14,18,28H,2-3,5,10-12H2,1H3,(H,24,25,26)/p+1. The second-order valence-electron chi connectivity index (χ2n) is 7.30. The fourth-order valence-electron chi connectivity index (χ4n) is 3.60. The van der Waals surface area contributed by atoms with Crippen LogP contribution in [0.15, 0.2) is 42.7 Å². The minimum atomic E-state index is -0.254. The number of nitrogens with zero attached hydrogens (tertiary/aromatic N) is 3. The Labute approximate surface area is 163 Å². The lowest BCUT2D eigenvalue weighted by Gasteiger charge is -2.14.